The topological polar surface area (TPSA) is 52.3 Å². The number of hydrogen-bond acceptors (Lipinski definition) is 3. The van der Waals surface area contributed by atoms with Crippen LogP contribution in [0.25, 0.3) is 0 Å². The summed E-state index contributed by atoms with van der Waals surface area (Å²) in [6.45, 7) is 2.47. The minimum absolute atomic E-state index is 0.382. The van der Waals surface area contributed by atoms with Gasteiger partial charge in [0.05, 0.1) is 17.9 Å². The number of carbonyl (C=O) groups is 1. The van der Waals surface area contributed by atoms with Crippen LogP contribution in [0.2, 0.25) is 0 Å². The molecule has 1 aromatic rings. The Balaban J connectivity index is 2.82. The van der Waals surface area contributed by atoms with Crippen molar-refractivity contribution in [2.24, 2.45) is 0 Å². The van der Waals surface area contributed by atoms with Gasteiger partial charge in [-0.25, -0.2) is 4.79 Å². The van der Waals surface area contributed by atoms with Gasteiger partial charge in [0, 0.05) is 8.95 Å². The Labute approximate surface area is 112 Å². The summed E-state index contributed by atoms with van der Waals surface area (Å²) in [6.07, 6.45) is 1.85. The van der Waals surface area contributed by atoms with E-state index in [1.165, 1.54) is 0 Å². The fraction of sp³-hybridized carbons (Fsp3) is 0.364. The summed E-state index contributed by atoms with van der Waals surface area (Å²) in [5, 5.41) is 0. The molecule has 0 aromatic heterocycles. The summed E-state index contributed by atoms with van der Waals surface area (Å²) in [7, 11) is 0. The molecule has 0 aliphatic rings. The third-order valence-corrected chi connectivity index (χ3v) is 3.16. The molecule has 0 heterocycles. The van der Waals surface area contributed by atoms with Crippen LogP contribution in [-0.2, 0) is 4.74 Å². The van der Waals surface area contributed by atoms with E-state index >= 15 is 0 Å². The lowest BCUT2D eigenvalue weighted by atomic mass is 10.2. The van der Waals surface area contributed by atoms with E-state index in [4.69, 9.17) is 10.5 Å². The molecule has 0 saturated carbocycles. The van der Waals surface area contributed by atoms with E-state index < -0.39 is 0 Å². The first-order valence-corrected chi connectivity index (χ1v) is 6.56. The Hall–Kier alpha value is -0.550. The second kappa shape index (κ2) is 6.25. The van der Waals surface area contributed by atoms with Gasteiger partial charge in [0.25, 0.3) is 0 Å². The van der Waals surface area contributed by atoms with Crippen molar-refractivity contribution in [2.45, 2.75) is 19.8 Å². The first-order valence-electron chi connectivity index (χ1n) is 4.98. The first kappa shape index (κ1) is 13.5. The number of ether oxygens (including phenoxy) is 1. The number of nitrogens with two attached hydrogens (primary N) is 1. The molecule has 1 rings (SSSR count). The molecule has 16 heavy (non-hydrogen) atoms. The molecule has 0 fully saturated rings. The van der Waals surface area contributed by atoms with Gasteiger partial charge < -0.3 is 10.5 Å². The SMILES string of the molecule is CCCCOC(=O)c1cc(Br)cc(Br)c1N. The highest BCUT2D eigenvalue weighted by molar-refractivity contribution is 9.11. The maximum atomic E-state index is 11.7. The molecule has 0 unspecified atom stereocenters. The van der Waals surface area contributed by atoms with Crippen LogP contribution in [-0.4, -0.2) is 12.6 Å². The second-order valence-corrected chi connectivity index (χ2v) is 5.11. The molecule has 0 saturated heterocycles. The van der Waals surface area contributed by atoms with E-state index in [9.17, 15) is 4.79 Å². The molecule has 88 valence electrons. The number of rotatable bonds is 4. The molecule has 3 nitrogen and oxygen atoms in total. The van der Waals surface area contributed by atoms with Gasteiger partial charge in [0.2, 0.25) is 0 Å². The molecule has 0 aliphatic carbocycles. The number of anilines is 1. The molecule has 1 aromatic carbocycles. The lowest BCUT2D eigenvalue weighted by Gasteiger charge is -2.08. The zero-order valence-corrected chi connectivity index (χ0v) is 12.1. The largest absolute Gasteiger partial charge is 0.462 e. The monoisotopic (exact) mass is 349 g/mol. The predicted molar refractivity (Wildman–Crippen MR) is 71.4 cm³/mol. The normalized spacial score (nSPS) is 10.2. The smallest absolute Gasteiger partial charge is 0.340 e. The zero-order chi connectivity index (χ0) is 12.1. The Kier molecular flexibility index (Phi) is 5.28. The quantitative estimate of drug-likeness (QED) is 0.511. The maximum Gasteiger partial charge on any atom is 0.340 e. The van der Waals surface area contributed by atoms with Gasteiger partial charge in [-0.15, -0.1) is 0 Å². The Morgan fingerprint density at radius 3 is 2.75 bits per heavy atom. The van der Waals surface area contributed by atoms with Crippen molar-refractivity contribution in [1.29, 1.82) is 0 Å². The van der Waals surface area contributed by atoms with Crippen molar-refractivity contribution in [3.05, 3.63) is 26.6 Å². The lowest BCUT2D eigenvalue weighted by Crippen LogP contribution is -2.09. The first-order chi connectivity index (χ1) is 7.56. The van der Waals surface area contributed by atoms with Gasteiger partial charge in [-0.2, -0.15) is 0 Å². The van der Waals surface area contributed by atoms with Gasteiger partial charge in [0.15, 0.2) is 0 Å². The number of carbonyl (C=O) groups excluding carboxylic acids is 1. The van der Waals surface area contributed by atoms with E-state index in [1.54, 1.807) is 12.1 Å². The van der Waals surface area contributed by atoms with Crippen LogP contribution < -0.4 is 5.73 Å². The summed E-state index contributed by atoms with van der Waals surface area (Å²) < 4.78 is 6.57. The van der Waals surface area contributed by atoms with Gasteiger partial charge in [-0.05, 0) is 34.5 Å². The standard InChI is InChI=1S/C11H13Br2NO2/c1-2-3-4-16-11(15)8-5-7(12)6-9(13)10(8)14/h5-6H,2-4,14H2,1H3. The van der Waals surface area contributed by atoms with Crippen molar-refractivity contribution < 1.29 is 9.53 Å². The molecule has 5 heteroatoms. The van der Waals surface area contributed by atoms with Crippen LogP contribution in [0.1, 0.15) is 30.1 Å². The molecular formula is C11H13Br2NO2. The number of unbranched alkanes of at least 4 members (excludes halogenated alkanes) is 1. The van der Waals surface area contributed by atoms with E-state index in [1.807, 2.05) is 6.92 Å². The molecular weight excluding hydrogens is 338 g/mol. The number of hydrogen-bond donors (Lipinski definition) is 1. The van der Waals surface area contributed by atoms with E-state index in [2.05, 4.69) is 31.9 Å². The highest BCUT2D eigenvalue weighted by atomic mass is 79.9. The summed E-state index contributed by atoms with van der Waals surface area (Å²) in [5.74, 6) is -0.382. The molecule has 0 aliphatic heterocycles. The van der Waals surface area contributed by atoms with Gasteiger partial charge in [0.1, 0.15) is 0 Å². The number of nitrogen functional groups attached to an aromatic ring is 1. The molecule has 0 radical (unpaired) electrons. The van der Waals surface area contributed by atoms with Gasteiger partial charge in [-0.3, -0.25) is 0 Å². The maximum absolute atomic E-state index is 11.7. The van der Waals surface area contributed by atoms with Crippen molar-refractivity contribution in [2.75, 3.05) is 12.3 Å². The predicted octanol–water partition coefficient (Wildman–Crippen LogP) is 3.75. The Bertz CT molecular complexity index is 394. The Morgan fingerprint density at radius 2 is 2.12 bits per heavy atom. The summed E-state index contributed by atoms with van der Waals surface area (Å²) in [4.78, 5) is 11.7. The Morgan fingerprint density at radius 1 is 1.44 bits per heavy atom. The molecule has 0 atom stereocenters. The number of benzene rings is 1. The number of esters is 1. The van der Waals surface area contributed by atoms with Crippen LogP contribution >= 0.6 is 31.9 Å². The highest BCUT2D eigenvalue weighted by Gasteiger charge is 2.14. The third kappa shape index (κ3) is 3.49. The summed E-state index contributed by atoms with van der Waals surface area (Å²) >= 11 is 6.59. The molecule has 0 amide bonds. The van der Waals surface area contributed by atoms with Crippen molar-refractivity contribution >= 4 is 43.5 Å². The fourth-order valence-corrected chi connectivity index (χ4v) is 2.37. The average Bonchev–Trinajstić information content (AvgIpc) is 2.23. The molecule has 0 spiro atoms. The number of halogens is 2. The average molecular weight is 351 g/mol. The van der Waals surface area contributed by atoms with E-state index in [-0.39, 0.29) is 5.97 Å². The fourth-order valence-electron chi connectivity index (χ4n) is 1.14. The van der Waals surface area contributed by atoms with Crippen LogP contribution in [0.15, 0.2) is 21.1 Å². The van der Waals surface area contributed by atoms with Crippen LogP contribution in [0.3, 0.4) is 0 Å². The minimum Gasteiger partial charge on any atom is -0.462 e. The molecule has 0 bridgehead atoms. The minimum atomic E-state index is -0.382. The van der Waals surface area contributed by atoms with E-state index in [0.717, 1.165) is 17.3 Å². The van der Waals surface area contributed by atoms with Crippen LogP contribution in [0.4, 0.5) is 5.69 Å². The van der Waals surface area contributed by atoms with Crippen molar-refractivity contribution in [3.63, 3.8) is 0 Å². The second-order valence-electron chi connectivity index (χ2n) is 3.34. The highest BCUT2D eigenvalue weighted by Crippen LogP contribution is 2.28. The van der Waals surface area contributed by atoms with Crippen molar-refractivity contribution in [1.82, 2.24) is 0 Å². The van der Waals surface area contributed by atoms with E-state index in [0.29, 0.717) is 22.3 Å². The van der Waals surface area contributed by atoms with Crippen LogP contribution in [0.5, 0.6) is 0 Å². The lowest BCUT2D eigenvalue weighted by molar-refractivity contribution is 0.0501. The summed E-state index contributed by atoms with van der Waals surface area (Å²) in [5.41, 5.74) is 6.58. The van der Waals surface area contributed by atoms with Crippen LogP contribution in [0, 0.1) is 0 Å². The van der Waals surface area contributed by atoms with Gasteiger partial charge in [-0.1, -0.05) is 29.3 Å². The van der Waals surface area contributed by atoms with Gasteiger partial charge >= 0.3 is 5.97 Å². The third-order valence-electron chi connectivity index (χ3n) is 2.05. The summed E-state index contributed by atoms with van der Waals surface area (Å²) in [6, 6.07) is 3.45. The zero-order valence-electron chi connectivity index (χ0n) is 8.93. The molecule has 2 N–H and O–H groups in total. The van der Waals surface area contributed by atoms with Crippen molar-refractivity contribution in [3.8, 4) is 0 Å².